The van der Waals surface area contributed by atoms with Crippen LogP contribution in [0.1, 0.15) is 15.9 Å². The summed E-state index contributed by atoms with van der Waals surface area (Å²) in [6, 6.07) is 12.2. The summed E-state index contributed by atoms with van der Waals surface area (Å²) in [6.45, 7) is 0.320. The van der Waals surface area contributed by atoms with Crippen LogP contribution in [-0.4, -0.2) is 46.2 Å². The van der Waals surface area contributed by atoms with E-state index in [1.54, 1.807) is 45.6 Å². The molecule has 0 aliphatic heterocycles. The van der Waals surface area contributed by atoms with Crippen molar-refractivity contribution in [2.75, 3.05) is 34.4 Å². The van der Waals surface area contributed by atoms with Crippen molar-refractivity contribution in [2.45, 2.75) is 6.42 Å². The number of ether oxygens (including phenoxy) is 3. The highest BCUT2D eigenvalue weighted by atomic mass is 16.5. The monoisotopic (exact) mass is 372 g/mol. The first-order valence-electron chi connectivity index (χ1n) is 8.47. The van der Waals surface area contributed by atoms with Crippen LogP contribution in [0.2, 0.25) is 0 Å². The molecule has 0 aliphatic carbocycles. The molecule has 0 radical (unpaired) electrons. The first kappa shape index (κ1) is 20.1. The Morgan fingerprint density at radius 1 is 0.852 bits per heavy atom. The SMILES string of the molecule is COc1ccc(C(=O)NCC(=O)NCCc2cc(OC)ccc2OC)cc1. The summed E-state index contributed by atoms with van der Waals surface area (Å²) < 4.78 is 15.6. The molecule has 7 nitrogen and oxygen atoms in total. The van der Waals surface area contributed by atoms with Crippen molar-refractivity contribution in [1.82, 2.24) is 10.6 Å². The predicted molar refractivity (Wildman–Crippen MR) is 102 cm³/mol. The molecule has 2 aromatic carbocycles. The number of carbonyl (C=O) groups excluding carboxylic acids is 2. The lowest BCUT2D eigenvalue weighted by molar-refractivity contribution is -0.120. The lowest BCUT2D eigenvalue weighted by Gasteiger charge is -2.11. The van der Waals surface area contributed by atoms with Crippen LogP contribution in [0.25, 0.3) is 0 Å². The summed E-state index contributed by atoms with van der Waals surface area (Å²) in [5.41, 5.74) is 1.39. The van der Waals surface area contributed by atoms with Crippen LogP contribution in [-0.2, 0) is 11.2 Å². The average Bonchev–Trinajstić information content (AvgIpc) is 2.71. The predicted octanol–water partition coefficient (Wildman–Crippen LogP) is 1.80. The van der Waals surface area contributed by atoms with Crippen LogP contribution in [0.3, 0.4) is 0 Å². The molecule has 0 aromatic heterocycles. The summed E-state index contributed by atoms with van der Waals surface area (Å²) in [6.07, 6.45) is 0.582. The van der Waals surface area contributed by atoms with Crippen molar-refractivity contribution < 1.29 is 23.8 Å². The molecule has 0 spiro atoms. The van der Waals surface area contributed by atoms with Crippen LogP contribution in [0.15, 0.2) is 42.5 Å². The largest absolute Gasteiger partial charge is 0.497 e. The van der Waals surface area contributed by atoms with E-state index in [0.29, 0.717) is 24.3 Å². The fraction of sp³-hybridized carbons (Fsp3) is 0.300. The summed E-state index contributed by atoms with van der Waals surface area (Å²) >= 11 is 0. The van der Waals surface area contributed by atoms with E-state index in [-0.39, 0.29) is 18.4 Å². The second-order valence-electron chi connectivity index (χ2n) is 5.69. The Labute approximate surface area is 158 Å². The number of amides is 2. The van der Waals surface area contributed by atoms with E-state index in [9.17, 15) is 9.59 Å². The van der Waals surface area contributed by atoms with Gasteiger partial charge in [-0.3, -0.25) is 9.59 Å². The Kier molecular flexibility index (Phi) is 7.49. The molecule has 144 valence electrons. The minimum atomic E-state index is -0.317. The Balaban J connectivity index is 1.78. The van der Waals surface area contributed by atoms with Gasteiger partial charge in [0.15, 0.2) is 0 Å². The topological polar surface area (TPSA) is 85.9 Å². The second kappa shape index (κ2) is 10.1. The Bertz CT molecular complexity index is 774. The highest BCUT2D eigenvalue weighted by Gasteiger charge is 2.09. The first-order chi connectivity index (χ1) is 13.1. The van der Waals surface area contributed by atoms with Gasteiger partial charge in [0, 0.05) is 12.1 Å². The lowest BCUT2D eigenvalue weighted by Crippen LogP contribution is -2.37. The zero-order valence-electron chi connectivity index (χ0n) is 15.7. The van der Waals surface area contributed by atoms with Crippen LogP contribution < -0.4 is 24.8 Å². The standard InChI is InChI=1S/C20H24N2O5/c1-25-16-6-4-14(5-7-16)20(24)22-13-19(23)21-11-10-15-12-17(26-2)8-9-18(15)27-3/h4-9,12H,10-11,13H2,1-3H3,(H,21,23)(H,22,24). The molecule has 2 aromatic rings. The first-order valence-corrected chi connectivity index (χ1v) is 8.47. The van der Waals surface area contributed by atoms with Gasteiger partial charge in [0.25, 0.3) is 5.91 Å². The van der Waals surface area contributed by atoms with Crippen molar-refractivity contribution in [3.05, 3.63) is 53.6 Å². The van der Waals surface area contributed by atoms with E-state index >= 15 is 0 Å². The molecular weight excluding hydrogens is 348 g/mol. The summed E-state index contributed by atoms with van der Waals surface area (Å²) in [4.78, 5) is 24.0. The Morgan fingerprint density at radius 2 is 1.52 bits per heavy atom. The summed E-state index contributed by atoms with van der Waals surface area (Å²) in [5.74, 6) is 1.54. The zero-order chi connectivity index (χ0) is 19.6. The molecule has 0 aliphatic rings. The number of nitrogens with one attached hydrogen (secondary N) is 2. The van der Waals surface area contributed by atoms with Crippen LogP contribution in [0, 0.1) is 0 Å². The van der Waals surface area contributed by atoms with Crippen molar-refractivity contribution in [3.63, 3.8) is 0 Å². The fourth-order valence-corrected chi connectivity index (χ4v) is 2.48. The molecule has 0 bridgehead atoms. The van der Waals surface area contributed by atoms with E-state index in [4.69, 9.17) is 14.2 Å². The van der Waals surface area contributed by atoms with Crippen molar-refractivity contribution in [3.8, 4) is 17.2 Å². The molecule has 2 amide bonds. The maximum Gasteiger partial charge on any atom is 0.251 e. The van der Waals surface area contributed by atoms with Crippen LogP contribution in [0.5, 0.6) is 17.2 Å². The molecule has 0 heterocycles. The van der Waals surface area contributed by atoms with Gasteiger partial charge in [-0.1, -0.05) is 0 Å². The third-order valence-corrected chi connectivity index (χ3v) is 3.97. The minimum Gasteiger partial charge on any atom is -0.497 e. The summed E-state index contributed by atoms with van der Waals surface area (Å²) in [5, 5.41) is 5.36. The Morgan fingerprint density at radius 3 is 2.15 bits per heavy atom. The molecule has 2 rings (SSSR count). The molecule has 0 atom stereocenters. The molecule has 0 unspecified atom stereocenters. The number of carbonyl (C=O) groups is 2. The van der Waals surface area contributed by atoms with Crippen LogP contribution in [0.4, 0.5) is 0 Å². The molecule has 2 N–H and O–H groups in total. The van der Waals surface area contributed by atoms with Crippen molar-refractivity contribution in [1.29, 1.82) is 0 Å². The van der Waals surface area contributed by atoms with Gasteiger partial charge in [-0.15, -0.1) is 0 Å². The van der Waals surface area contributed by atoms with Gasteiger partial charge in [-0.25, -0.2) is 0 Å². The van der Waals surface area contributed by atoms with Crippen LogP contribution >= 0.6 is 0 Å². The second-order valence-corrected chi connectivity index (χ2v) is 5.69. The number of benzene rings is 2. The van der Waals surface area contributed by atoms with Gasteiger partial charge in [0.1, 0.15) is 17.2 Å². The molecule has 27 heavy (non-hydrogen) atoms. The van der Waals surface area contributed by atoms with E-state index in [0.717, 1.165) is 17.1 Å². The van der Waals surface area contributed by atoms with E-state index in [1.165, 1.54) is 0 Å². The molecule has 7 heteroatoms. The molecule has 0 saturated carbocycles. The van der Waals surface area contributed by atoms with Gasteiger partial charge in [-0.05, 0) is 54.4 Å². The van der Waals surface area contributed by atoms with E-state index in [2.05, 4.69) is 10.6 Å². The number of methoxy groups -OCH3 is 3. The summed E-state index contributed by atoms with van der Waals surface area (Å²) in [7, 11) is 4.75. The molecule has 0 saturated heterocycles. The number of hydrogen-bond donors (Lipinski definition) is 2. The molecular formula is C20H24N2O5. The Hall–Kier alpha value is -3.22. The normalized spacial score (nSPS) is 10.0. The maximum atomic E-state index is 12.0. The zero-order valence-corrected chi connectivity index (χ0v) is 15.7. The van der Waals surface area contributed by atoms with Crippen molar-refractivity contribution in [2.24, 2.45) is 0 Å². The molecule has 0 fully saturated rings. The van der Waals surface area contributed by atoms with Gasteiger partial charge < -0.3 is 24.8 Å². The highest BCUT2D eigenvalue weighted by Crippen LogP contribution is 2.24. The van der Waals surface area contributed by atoms with Gasteiger partial charge in [0.2, 0.25) is 5.91 Å². The third-order valence-electron chi connectivity index (χ3n) is 3.97. The highest BCUT2D eigenvalue weighted by molar-refractivity contribution is 5.96. The quantitative estimate of drug-likeness (QED) is 0.701. The maximum absolute atomic E-state index is 12.0. The number of hydrogen-bond acceptors (Lipinski definition) is 5. The third kappa shape index (κ3) is 5.91. The number of rotatable bonds is 9. The fourth-order valence-electron chi connectivity index (χ4n) is 2.48. The van der Waals surface area contributed by atoms with E-state index in [1.807, 2.05) is 18.2 Å². The minimum absolute atomic E-state index is 0.0971. The smallest absolute Gasteiger partial charge is 0.251 e. The van der Waals surface area contributed by atoms with E-state index < -0.39 is 0 Å². The lowest BCUT2D eigenvalue weighted by atomic mass is 10.1. The van der Waals surface area contributed by atoms with Gasteiger partial charge in [0.05, 0.1) is 27.9 Å². The van der Waals surface area contributed by atoms with Gasteiger partial charge >= 0.3 is 0 Å². The average molecular weight is 372 g/mol. The van der Waals surface area contributed by atoms with Crippen molar-refractivity contribution >= 4 is 11.8 Å². The van der Waals surface area contributed by atoms with Gasteiger partial charge in [-0.2, -0.15) is 0 Å².